The quantitative estimate of drug-likeness (QED) is 0.788. The van der Waals surface area contributed by atoms with Crippen molar-refractivity contribution in [1.29, 1.82) is 5.26 Å². The number of aromatic nitrogens is 1. The van der Waals surface area contributed by atoms with E-state index in [4.69, 9.17) is 9.15 Å². The molecule has 5 heteroatoms. The second kappa shape index (κ2) is 6.34. The lowest BCUT2D eigenvalue weighted by atomic mass is 10.0. The van der Waals surface area contributed by atoms with Crippen molar-refractivity contribution < 1.29 is 9.15 Å². The Kier molecular flexibility index (Phi) is 3.89. The summed E-state index contributed by atoms with van der Waals surface area (Å²) in [5.41, 5.74) is 1.16. The van der Waals surface area contributed by atoms with Crippen molar-refractivity contribution in [2.24, 2.45) is 0 Å². The Balaban J connectivity index is 1.67. The summed E-state index contributed by atoms with van der Waals surface area (Å²) in [5, 5.41) is 14.7. The van der Waals surface area contributed by atoms with Crippen LogP contribution in [0.15, 0.2) is 46.9 Å². The first-order valence-corrected chi connectivity index (χ1v) is 8.09. The molecule has 1 aliphatic heterocycles. The van der Waals surface area contributed by atoms with Crippen LogP contribution in [-0.4, -0.2) is 24.2 Å². The minimum atomic E-state index is 0.169. The summed E-state index contributed by atoms with van der Waals surface area (Å²) in [4.78, 5) is 4.36. The smallest absolute Gasteiger partial charge is 0.232 e. The van der Waals surface area contributed by atoms with Crippen molar-refractivity contribution in [2.45, 2.75) is 18.9 Å². The van der Waals surface area contributed by atoms with Gasteiger partial charge < -0.3 is 14.5 Å². The van der Waals surface area contributed by atoms with Gasteiger partial charge in [-0.3, -0.25) is 0 Å². The van der Waals surface area contributed by atoms with Crippen molar-refractivity contribution in [2.75, 3.05) is 18.5 Å². The summed E-state index contributed by atoms with van der Waals surface area (Å²) < 4.78 is 11.4. The number of hydrogen-bond acceptors (Lipinski definition) is 5. The van der Waals surface area contributed by atoms with Gasteiger partial charge in [-0.25, -0.2) is 0 Å². The van der Waals surface area contributed by atoms with E-state index in [0.717, 1.165) is 35.8 Å². The number of fused-ring (bicyclic) bond motifs is 1. The molecule has 0 unspecified atom stereocenters. The first kappa shape index (κ1) is 14.7. The normalized spacial score (nSPS) is 17.0. The molecule has 2 aromatic carbocycles. The number of nitrogens with one attached hydrogen (secondary N) is 1. The van der Waals surface area contributed by atoms with Crippen molar-refractivity contribution in [3.05, 3.63) is 48.2 Å². The number of hydrogen-bond donors (Lipinski definition) is 1. The van der Waals surface area contributed by atoms with Crippen LogP contribution < -0.4 is 5.32 Å². The minimum Gasteiger partial charge on any atom is -0.419 e. The summed E-state index contributed by atoms with van der Waals surface area (Å²) >= 11 is 0. The Bertz CT molecular complexity index is 899. The average molecular weight is 319 g/mol. The number of nitrogens with zero attached hydrogens (tertiary/aromatic N) is 2. The van der Waals surface area contributed by atoms with Crippen LogP contribution in [0.25, 0.3) is 22.2 Å². The maximum absolute atomic E-state index is 9.34. The summed E-state index contributed by atoms with van der Waals surface area (Å²) in [6.45, 7) is 1.42. The molecule has 24 heavy (non-hydrogen) atoms. The van der Waals surface area contributed by atoms with Gasteiger partial charge in [0.2, 0.25) is 17.5 Å². The zero-order chi connectivity index (χ0) is 16.4. The second-order valence-electron chi connectivity index (χ2n) is 5.85. The Morgan fingerprint density at radius 2 is 2.08 bits per heavy atom. The molecule has 5 nitrogen and oxygen atoms in total. The van der Waals surface area contributed by atoms with Gasteiger partial charge in [0.05, 0.1) is 6.10 Å². The maximum Gasteiger partial charge on any atom is 0.232 e. The molecule has 0 spiro atoms. The van der Waals surface area contributed by atoms with Crippen LogP contribution in [0.2, 0.25) is 0 Å². The lowest BCUT2D eigenvalue weighted by Gasteiger charge is -2.09. The van der Waals surface area contributed by atoms with Gasteiger partial charge in [0.1, 0.15) is 6.07 Å². The van der Waals surface area contributed by atoms with Gasteiger partial charge in [-0.2, -0.15) is 10.2 Å². The molecule has 2 heterocycles. The van der Waals surface area contributed by atoms with E-state index in [1.54, 1.807) is 0 Å². The highest BCUT2D eigenvalue weighted by atomic mass is 16.5. The van der Waals surface area contributed by atoms with E-state index in [0.29, 0.717) is 18.3 Å². The Hall–Kier alpha value is -2.84. The summed E-state index contributed by atoms with van der Waals surface area (Å²) in [7, 11) is 0. The number of oxazole rings is 1. The van der Waals surface area contributed by atoms with Crippen molar-refractivity contribution >= 4 is 16.7 Å². The predicted molar refractivity (Wildman–Crippen MR) is 91.6 cm³/mol. The highest BCUT2D eigenvalue weighted by Crippen LogP contribution is 2.31. The zero-order valence-corrected chi connectivity index (χ0v) is 13.2. The highest BCUT2D eigenvalue weighted by Gasteiger charge is 2.19. The van der Waals surface area contributed by atoms with Gasteiger partial charge in [0, 0.05) is 18.7 Å². The molecule has 1 N–H and O–H groups in total. The van der Waals surface area contributed by atoms with E-state index < -0.39 is 0 Å². The average Bonchev–Trinajstić information content (AvgIpc) is 3.28. The first-order valence-electron chi connectivity index (χ1n) is 8.09. The van der Waals surface area contributed by atoms with Gasteiger partial charge >= 0.3 is 0 Å². The molecule has 4 rings (SSSR count). The lowest BCUT2D eigenvalue weighted by molar-refractivity contribution is 0.120. The third-order valence-electron chi connectivity index (χ3n) is 4.27. The Morgan fingerprint density at radius 3 is 2.92 bits per heavy atom. The molecule has 0 amide bonds. The van der Waals surface area contributed by atoms with Crippen LogP contribution in [0.5, 0.6) is 0 Å². The van der Waals surface area contributed by atoms with Crippen molar-refractivity contribution in [3.63, 3.8) is 0 Å². The van der Waals surface area contributed by atoms with Gasteiger partial charge in [-0.15, -0.1) is 0 Å². The highest BCUT2D eigenvalue weighted by molar-refractivity contribution is 5.94. The molecule has 0 bridgehead atoms. The van der Waals surface area contributed by atoms with E-state index in [-0.39, 0.29) is 11.8 Å². The van der Waals surface area contributed by atoms with E-state index >= 15 is 0 Å². The zero-order valence-electron chi connectivity index (χ0n) is 13.2. The maximum atomic E-state index is 9.34. The van der Waals surface area contributed by atoms with Crippen LogP contribution >= 0.6 is 0 Å². The van der Waals surface area contributed by atoms with Gasteiger partial charge in [0.15, 0.2) is 0 Å². The SMILES string of the molecule is N#Cc1nc(-c2cccc3ccccc23)oc1NC[C@@H]1CCCO1. The molecule has 3 aromatic rings. The molecule has 1 aromatic heterocycles. The van der Waals surface area contributed by atoms with E-state index in [1.165, 1.54) is 0 Å². The molecule has 1 fully saturated rings. The molecule has 1 atom stereocenters. The monoisotopic (exact) mass is 319 g/mol. The van der Waals surface area contributed by atoms with Crippen LogP contribution in [0, 0.1) is 11.3 Å². The molecular weight excluding hydrogens is 302 g/mol. The number of nitriles is 1. The number of benzene rings is 2. The van der Waals surface area contributed by atoms with Crippen LogP contribution in [0.4, 0.5) is 5.88 Å². The molecule has 1 aliphatic rings. The van der Waals surface area contributed by atoms with Gasteiger partial charge in [-0.1, -0.05) is 36.4 Å². The molecule has 0 radical (unpaired) electrons. The fourth-order valence-electron chi connectivity index (χ4n) is 3.05. The topological polar surface area (TPSA) is 71.1 Å². The molecule has 1 saturated heterocycles. The largest absolute Gasteiger partial charge is 0.419 e. The minimum absolute atomic E-state index is 0.169. The van der Waals surface area contributed by atoms with Crippen molar-refractivity contribution in [1.82, 2.24) is 4.98 Å². The van der Waals surface area contributed by atoms with E-state index in [1.807, 2.05) is 42.5 Å². The standard InChI is InChI=1S/C19H17N3O2/c20-11-17-19(21-12-14-7-4-10-23-14)24-18(22-17)16-9-3-6-13-5-1-2-8-15(13)16/h1-3,5-6,8-9,14,21H,4,7,10,12H2/t14-/m0/s1. The Morgan fingerprint density at radius 1 is 1.21 bits per heavy atom. The molecule has 120 valence electrons. The third kappa shape index (κ3) is 2.72. The van der Waals surface area contributed by atoms with Crippen LogP contribution in [-0.2, 0) is 4.74 Å². The number of ether oxygens (including phenoxy) is 1. The molecular formula is C19H17N3O2. The predicted octanol–water partition coefficient (Wildman–Crippen LogP) is 3.96. The molecule has 0 saturated carbocycles. The van der Waals surface area contributed by atoms with Gasteiger partial charge in [0.25, 0.3) is 0 Å². The van der Waals surface area contributed by atoms with Crippen LogP contribution in [0.1, 0.15) is 18.5 Å². The summed E-state index contributed by atoms with van der Waals surface area (Å²) in [6.07, 6.45) is 2.27. The molecule has 0 aliphatic carbocycles. The second-order valence-corrected chi connectivity index (χ2v) is 5.85. The number of anilines is 1. The summed E-state index contributed by atoms with van der Waals surface area (Å²) in [5.74, 6) is 0.870. The lowest BCUT2D eigenvalue weighted by Crippen LogP contribution is -2.18. The van der Waals surface area contributed by atoms with Crippen molar-refractivity contribution in [3.8, 4) is 17.5 Å². The van der Waals surface area contributed by atoms with E-state index in [2.05, 4.69) is 16.4 Å². The number of rotatable bonds is 4. The fourth-order valence-corrected chi connectivity index (χ4v) is 3.05. The first-order chi connectivity index (χ1) is 11.8. The Labute approximate surface area is 139 Å². The van der Waals surface area contributed by atoms with Crippen LogP contribution in [0.3, 0.4) is 0 Å². The summed E-state index contributed by atoms with van der Waals surface area (Å²) in [6, 6.07) is 16.1. The van der Waals surface area contributed by atoms with E-state index in [9.17, 15) is 5.26 Å². The van der Waals surface area contributed by atoms with Gasteiger partial charge in [-0.05, 0) is 29.7 Å². The fraction of sp³-hybridized carbons (Fsp3) is 0.263. The third-order valence-corrected chi connectivity index (χ3v) is 4.27.